The normalized spacial score (nSPS) is 21.3. The van der Waals surface area contributed by atoms with Gasteiger partial charge in [-0.3, -0.25) is 14.5 Å². The smallest absolute Gasteiger partial charge is 0.237 e. The Morgan fingerprint density at radius 3 is 2.64 bits per heavy atom. The van der Waals surface area contributed by atoms with E-state index in [1.807, 2.05) is 23.1 Å². The molecule has 1 aromatic carbocycles. The summed E-state index contributed by atoms with van der Waals surface area (Å²) in [6.07, 6.45) is 0.992. The Hall–Kier alpha value is -2.32. The fourth-order valence-corrected chi connectivity index (χ4v) is 3.78. The zero-order valence-corrected chi connectivity index (χ0v) is 16.5. The number of likely N-dealkylation sites (tertiary alicyclic amines) is 1. The number of methoxy groups -OCH3 is 2. The number of carbonyl (C=O) groups is 2. The summed E-state index contributed by atoms with van der Waals surface area (Å²) in [5, 5.41) is 12.5. The van der Waals surface area contributed by atoms with Crippen molar-refractivity contribution in [1.82, 2.24) is 15.1 Å². The van der Waals surface area contributed by atoms with E-state index in [9.17, 15) is 14.7 Å². The van der Waals surface area contributed by atoms with Crippen LogP contribution < -0.4 is 14.8 Å². The molecule has 2 aliphatic rings. The molecule has 1 atom stereocenters. The van der Waals surface area contributed by atoms with Gasteiger partial charge < -0.3 is 24.8 Å². The Balaban J connectivity index is 1.70. The maximum atomic E-state index is 12.7. The Bertz CT molecular complexity index is 703. The van der Waals surface area contributed by atoms with Crippen molar-refractivity contribution >= 4 is 11.8 Å². The number of nitrogens with one attached hydrogen (secondary N) is 1. The van der Waals surface area contributed by atoms with Crippen molar-refractivity contribution in [2.75, 3.05) is 40.4 Å². The van der Waals surface area contributed by atoms with E-state index in [0.717, 1.165) is 5.56 Å². The maximum Gasteiger partial charge on any atom is 0.237 e. The minimum absolute atomic E-state index is 0.0411. The second-order valence-corrected chi connectivity index (χ2v) is 7.27. The number of nitrogens with zero attached hydrogens (tertiary/aromatic N) is 2. The van der Waals surface area contributed by atoms with Crippen LogP contribution in [0.5, 0.6) is 11.5 Å². The fraction of sp³-hybridized carbons (Fsp3) is 0.600. The lowest BCUT2D eigenvalue weighted by atomic mass is 10.0. The van der Waals surface area contributed by atoms with E-state index in [1.165, 1.54) is 0 Å². The first-order valence-electron chi connectivity index (χ1n) is 9.70. The van der Waals surface area contributed by atoms with Crippen LogP contribution in [0.15, 0.2) is 18.2 Å². The molecule has 0 aromatic heterocycles. The van der Waals surface area contributed by atoms with Crippen LogP contribution in [0.4, 0.5) is 0 Å². The number of ether oxygens (including phenoxy) is 2. The second kappa shape index (κ2) is 9.25. The third-order valence-corrected chi connectivity index (χ3v) is 5.49. The summed E-state index contributed by atoms with van der Waals surface area (Å²) in [5.41, 5.74) is 0.941. The number of piperazine rings is 1. The zero-order valence-electron chi connectivity index (χ0n) is 16.5. The van der Waals surface area contributed by atoms with E-state index in [0.29, 0.717) is 57.1 Å². The van der Waals surface area contributed by atoms with E-state index >= 15 is 0 Å². The predicted octanol–water partition coefficient (Wildman–Crippen LogP) is 0.378. The molecule has 0 unspecified atom stereocenters. The number of rotatable bonds is 6. The molecule has 0 aliphatic carbocycles. The lowest BCUT2D eigenvalue weighted by Gasteiger charge is -2.37. The number of aliphatic hydroxyl groups is 1. The molecule has 1 aromatic rings. The number of benzene rings is 1. The molecule has 0 bridgehead atoms. The van der Waals surface area contributed by atoms with Gasteiger partial charge in [-0.25, -0.2) is 0 Å². The molecule has 0 spiro atoms. The summed E-state index contributed by atoms with van der Waals surface area (Å²) in [6.45, 7) is 2.81. The van der Waals surface area contributed by atoms with Crippen molar-refractivity contribution in [2.45, 2.75) is 38.0 Å². The fourth-order valence-electron chi connectivity index (χ4n) is 3.78. The van der Waals surface area contributed by atoms with E-state index in [-0.39, 0.29) is 24.3 Å². The maximum absolute atomic E-state index is 12.7. The van der Waals surface area contributed by atoms with Gasteiger partial charge in [0.05, 0.1) is 32.8 Å². The summed E-state index contributed by atoms with van der Waals surface area (Å²) >= 11 is 0. The lowest BCUT2D eigenvalue weighted by Crippen LogP contribution is -2.56. The van der Waals surface area contributed by atoms with Gasteiger partial charge in [-0.05, 0) is 18.9 Å². The molecule has 2 heterocycles. The van der Waals surface area contributed by atoms with Crippen LogP contribution in [-0.2, 0) is 16.1 Å². The van der Waals surface area contributed by atoms with Crippen molar-refractivity contribution in [3.63, 3.8) is 0 Å². The van der Waals surface area contributed by atoms with Crippen molar-refractivity contribution < 1.29 is 24.2 Å². The monoisotopic (exact) mass is 391 g/mol. The minimum atomic E-state index is -0.514. The molecule has 3 rings (SSSR count). The number of carbonyl (C=O) groups excluding carboxylic acids is 2. The van der Waals surface area contributed by atoms with Gasteiger partial charge in [0.1, 0.15) is 11.5 Å². The number of aliphatic hydroxyl groups excluding tert-OH is 1. The standard InChI is InChI=1S/C20H29N3O5/c1-27-16-4-3-14(18(11-16)28-2)13-23-10-7-21-20(26)17(23)12-19(25)22-8-5-15(24)6-9-22/h3-4,11,15,17,24H,5-10,12-13H2,1-2H3,(H,21,26)/t17-/m1/s1. The summed E-state index contributed by atoms with van der Waals surface area (Å²) in [6, 6.07) is 5.09. The van der Waals surface area contributed by atoms with Crippen LogP contribution in [-0.4, -0.2) is 79.3 Å². The molecule has 2 fully saturated rings. The van der Waals surface area contributed by atoms with Gasteiger partial charge in [-0.1, -0.05) is 6.07 Å². The summed E-state index contributed by atoms with van der Waals surface area (Å²) in [7, 11) is 3.21. The van der Waals surface area contributed by atoms with Crippen molar-refractivity contribution in [1.29, 1.82) is 0 Å². The van der Waals surface area contributed by atoms with E-state index < -0.39 is 6.04 Å². The topological polar surface area (TPSA) is 91.3 Å². The first kappa shape index (κ1) is 20.4. The molecule has 8 nitrogen and oxygen atoms in total. The SMILES string of the molecule is COc1ccc(CN2CCNC(=O)[C@H]2CC(=O)N2CCC(O)CC2)c(OC)c1. The number of piperidine rings is 1. The highest BCUT2D eigenvalue weighted by molar-refractivity contribution is 5.88. The van der Waals surface area contributed by atoms with Crippen LogP contribution in [0.3, 0.4) is 0 Å². The second-order valence-electron chi connectivity index (χ2n) is 7.27. The van der Waals surface area contributed by atoms with Crippen molar-refractivity contribution in [3.8, 4) is 11.5 Å². The minimum Gasteiger partial charge on any atom is -0.497 e. The van der Waals surface area contributed by atoms with Crippen LogP contribution in [0.25, 0.3) is 0 Å². The average molecular weight is 391 g/mol. The van der Waals surface area contributed by atoms with Crippen molar-refractivity contribution in [2.24, 2.45) is 0 Å². The quantitative estimate of drug-likeness (QED) is 0.729. The summed E-state index contributed by atoms with van der Waals surface area (Å²) in [4.78, 5) is 29.0. The summed E-state index contributed by atoms with van der Waals surface area (Å²) < 4.78 is 10.7. The Morgan fingerprint density at radius 1 is 1.21 bits per heavy atom. The third-order valence-electron chi connectivity index (χ3n) is 5.49. The molecule has 28 heavy (non-hydrogen) atoms. The van der Waals surface area contributed by atoms with Gasteiger partial charge in [0.25, 0.3) is 0 Å². The lowest BCUT2D eigenvalue weighted by molar-refractivity contribution is -0.140. The largest absolute Gasteiger partial charge is 0.497 e. The van der Waals surface area contributed by atoms with Crippen LogP contribution in [0.2, 0.25) is 0 Å². The van der Waals surface area contributed by atoms with Crippen LogP contribution in [0, 0.1) is 0 Å². The molecule has 8 heteroatoms. The molecular weight excluding hydrogens is 362 g/mol. The molecule has 2 saturated heterocycles. The highest BCUT2D eigenvalue weighted by atomic mass is 16.5. The van der Waals surface area contributed by atoms with Gasteiger partial charge in [0.2, 0.25) is 11.8 Å². The average Bonchev–Trinajstić information content (AvgIpc) is 2.71. The molecule has 154 valence electrons. The highest BCUT2D eigenvalue weighted by Gasteiger charge is 2.34. The molecule has 0 radical (unpaired) electrons. The Labute approximate surface area is 165 Å². The zero-order chi connectivity index (χ0) is 20.1. The van der Waals surface area contributed by atoms with E-state index in [2.05, 4.69) is 5.32 Å². The highest BCUT2D eigenvalue weighted by Crippen LogP contribution is 2.27. The predicted molar refractivity (Wildman–Crippen MR) is 103 cm³/mol. The van der Waals surface area contributed by atoms with Crippen molar-refractivity contribution in [3.05, 3.63) is 23.8 Å². The Morgan fingerprint density at radius 2 is 1.96 bits per heavy atom. The van der Waals surface area contributed by atoms with Gasteiger partial charge in [-0.15, -0.1) is 0 Å². The molecule has 2 amide bonds. The van der Waals surface area contributed by atoms with Crippen LogP contribution in [0.1, 0.15) is 24.8 Å². The number of hydrogen-bond acceptors (Lipinski definition) is 6. The van der Waals surface area contributed by atoms with E-state index in [1.54, 1.807) is 19.1 Å². The molecule has 2 aliphatic heterocycles. The van der Waals surface area contributed by atoms with Gasteiger partial charge in [0, 0.05) is 44.4 Å². The van der Waals surface area contributed by atoms with Crippen LogP contribution >= 0.6 is 0 Å². The van der Waals surface area contributed by atoms with Gasteiger partial charge in [-0.2, -0.15) is 0 Å². The van der Waals surface area contributed by atoms with E-state index in [4.69, 9.17) is 9.47 Å². The number of hydrogen-bond donors (Lipinski definition) is 2. The Kier molecular flexibility index (Phi) is 6.74. The first-order valence-corrected chi connectivity index (χ1v) is 9.70. The third kappa shape index (κ3) is 4.74. The molecule has 0 saturated carbocycles. The number of amides is 2. The molecular formula is C20H29N3O5. The first-order chi connectivity index (χ1) is 13.5. The summed E-state index contributed by atoms with van der Waals surface area (Å²) in [5.74, 6) is 1.24. The van der Waals surface area contributed by atoms with Gasteiger partial charge in [0.15, 0.2) is 0 Å². The van der Waals surface area contributed by atoms with Gasteiger partial charge >= 0.3 is 0 Å². The molecule has 2 N–H and O–H groups in total.